The monoisotopic (exact) mass is 413 g/mol. The van der Waals surface area contributed by atoms with Crippen LogP contribution in [0.4, 0.5) is 5.95 Å². The molecule has 3 N–H and O–H groups in total. The first kappa shape index (κ1) is 20.3. The van der Waals surface area contributed by atoms with Gasteiger partial charge in [0.1, 0.15) is 0 Å². The molecule has 0 saturated carbocycles. The topological polar surface area (TPSA) is 103 Å². The fraction of sp³-hybridized carbons (Fsp3) is 0.167. The van der Waals surface area contributed by atoms with Gasteiger partial charge >= 0.3 is 0 Å². The number of nitrogen functional groups attached to an aromatic ring is 1. The van der Waals surface area contributed by atoms with Crippen molar-refractivity contribution in [2.24, 2.45) is 5.92 Å². The third-order valence-corrected chi connectivity index (χ3v) is 4.91. The summed E-state index contributed by atoms with van der Waals surface area (Å²) in [7, 11) is 0. The van der Waals surface area contributed by atoms with Crippen molar-refractivity contribution in [2.75, 3.05) is 12.3 Å². The molecule has 7 nitrogen and oxygen atoms in total. The maximum Gasteiger partial charge on any atom is 0.267 e. The van der Waals surface area contributed by atoms with E-state index in [4.69, 9.17) is 5.73 Å². The molecule has 0 bridgehead atoms. The van der Waals surface area contributed by atoms with E-state index in [1.54, 1.807) is 36.5 Å². The fourth-order valence-corrected chi connectivity index (χ4v) is 3.33. The highest BCUT2D eigenvalue weighted by Crippen LogP contribution is 2.23. The number of aromatic nitrogens is 3. The zero-order valence-electron chi connectivity index (χ0n) is 17.4. The number of nitrogens with zero attached hydrogens (tertiary/aromatic N) is 3. The van der Waals surface area contributed by atoms with Gasteiger partial charge in [-0.15, -0.1) is 0 Å². The van der Waals surface area contributed by atoms with E-state index in [1.165, 1.54) is 10.8 Å². The van der Waals surface area contributed by atoms with Gasteiger partial charge in [0.05, 0.1) is 22.2 Å². The van der Waals surface area contributed by atoms with Gasteiger partial charge in [0.2, 0.25) is 5.95 Å². The highest BCUT2D eigenvalue weighted by Gasteiger charge is 2.13. The molecule has 0 saturated heterocycles. The quantitative estimate of drug-likeness (QED) is 0.522. The SMILES string of the molecule is CC(C)CNC(=O)c1cncc(-c2ccc3nc(N)n(-c4ccccc4)c(=O)c3c2)c1. The number of nitrogens with two attached hydrogens (primary N) is 1. The lowest BCUT2D eigenvalue weighted by Crippen LogP contribution is -2.27. The average Bonchev–Trinajstić information content (AvgIpc) is 2.78. The number of rotatable bonds is 5. The van der Waals surface area contributed by atoms with E-state index in [0.29, 0.717) is 34.6 Å². The molecule has 0 spiro atoms. The Kier molecular flexibility index (Phi) is 5.49. The van der Waals surface area contributed by atoms with E-state index in [-0.39, 0.29) is 17.4 Å². The summed E-state index contributed by atoms with van der Waals surface area (Å²) in [6.45, 7) is 4.66. The Morgan fingerprint density at radius 3 is 2.58 bits per heavy atom. The van der Waals surface area contributed by atoms with Crippen LogP contribution in [0.2, 0.25) is 0 Å². The van der Waals surface area contributed by atoms with Gasteiger partial charge in [-0.3, -0.25) is 14.6 Å². The number of carbonyl (C=O) groups is 1. The number of pyridine rings is 1. The second-order valence-corrected chi connectivity index (χ2v) is 7.74. The second kappa shape index (κ2) is 8.39. The van der Waals surface area contributed by atoms with Crippen LogP contribution in [0.25, 0.3) is 27.7 Å². The molecule has 1 amide bonds. The summed E-state index contributed by atoms with van der Waals surface area (Å²) in [6, 6.07) is 16.3. The summed E-state index contributed by atoms with van der Waals surface area (Å²) in [5.41, 5.74) is 8.94. The Labute approximate surface area is 179 Å². The van der Waals surface area contributed by atoms with E-state index in [2.05, 4.69) is 15.3 Å². The third-order valence-electron chi connectivity index (χ3n) is 4.91. The van der Waals surface area contributed by atoms with Crippen molar-refractivity contribution >= 4 is 22.8 Å². The van der Waals surface area contributed by atoms with E-state index < -0.39 is 0 Å². The van der Waals surface area contributed by atoms with Crippen LogP contribution < -0.4 is 16.6 Å². The number of carbonyl (C=O) groups excluding carboxylic acids is 1. The van der Waals surface area contributed by atoms with Crippen LogP contribution in [0.5, 0.6) is 0 Å². The van der Waals surface area contributed by atoms with Crippen molar-refractivity contribution < 1.29 is 4.79 Å². The van der Waals surface area contributed by atoms with Crippen molar-refractivity contribution in [3.05, 3.63) is 82.9 Å². The lowest BCUT2D eigenvalue weighted by atomic mass is 10.0. The Morgan fingerprint density at radius 1 is 1.06 bits per heavy atom. The molecule has 4 aromatic rings. The first-order chi connectivity index (χ1) is 14.9. The molecule has 0 aliphatic carbocycles. The van der Waals surface area contributed by atoms with Crippen LogP contribution in [0.15, 0.2) is 71.8 Å². The molecule has 2 aromatic carbocycles. The van der Waals surface area contributed by atoms with Crippen LogP contribution >= 0.6 is 0 Å². The Balaban J connectivity index is 1.77. The Bertz CT molecular complexity index is 1310. The lowest BCUT2D eigenvalue weighted by Gasteiger charge is -2.11. The molecule has 0 aliphatic rings. The second-order valence-electron chi connectivity index (χ2n) is 7.74. The summed E-state index contributed by atoms with van der Waals surface area (Å²) in [5.74, 6) is 0.305. The normalized spacial score (nSPS) is 11.1. The smallest absolute Gasteiger partial charge is 0.267 e. The molecule has 0 radical (unpaired) electrons. The number of hydrogen-bond donors (Lipinski definition) is 2. The molecular formula is C24H23N5O2. The van der Waals surface area contributed by atoms with Gasteiger partial charge in [-0.25, -0.2) is 9.55 Å². The predicted octanol–water partition coefficient (Wildman–Crippen LogP) is 3.42. The van der Waals surface area contributed by atoms with Crippen molar-refractivity contribution in [3.63, 3.8) is 0 Å². The predicted molar refractivity (Wildman–Crippen MR) is 122 cm³/mol. The van der Waals surface area contributed by atoms with Crippen molar-refractivity contribution in [1.82, 2.24) is 19.9 Å². The molecule has 156 valence electrons. The van der Waals surface area contributed by atoms with Crippen LogP contribution in [-0.4, -0.2) is 27.0 Å². The van der Waals surface area contributed by atoms with E-state index in [9.17, 15) is 9.59 Å². The first-order valence-corrected chi connectivity index (χ1v) is 10.1. The minimum Gasteiger partial charge on any atom is -0.369 e. The van der Waals surface area contributed by atoms with E-state index in [0.717, 1.165) is 11.1 Å². The maximum absolute atomic E-state index is 13.2. The third kappa shape index (κ3) is 4.16. The van der Waals surface area contributed by atoms with Crippen molar-refractivity contribution in [1.29, 1.82) is 0 Å². The molecule has 31 heavy (non-hydrogen) atoms. The highest BCUT2D eigenvalue weighted by molar-refractivity contribution is 5.95. The number of para-hydroxylation sites is 1. The van der Waals surface area contributed by atoms with Gasteiger partial charge < -0.3 is 11.1 Å². The maximum atomic E-state index is 13.2. The van der Waals surface area contributed by atoms with Crippen LogP contribution in [-0.2, 0) is 0 Å². The molecule has 4 rings (SSSR count). The average molecular weight is 413 g/mol. The highest BCUT2D eigenvalue weighted by atomic mass is 16.1. The minimum atomic E-state index is -0.255. The molecule has 7 heteroatoms. The van der Waals surface area contributed by atoms with Crippen molar-refractivity contribution in [3.8, 4) is 16.8 Å². The summed E-state index contributed by atoms with van der Waals surface area (Å²) in [6.07, 6.45) is 3.20. The molecule has 0 unspecified atom stereocenters. The standard InChI is InChI=1S/C24H23N5O2/c1-15(2)12-27-22(30)18-10-17(13-26-14-18)16-8-9-21-20(11-16)23(31)29(24(25)28-21)19-6-4-3-5-7-19/h3-11,13-15H,12H2,1-2H3,(H2,25,28)(H,27,30). The van der Waals surface area contributed by atoms with Crippen LogP contribution in [0.1, 0.15) is 24.2 Å². The Hall–Kier alpha value is -4.00. The lowest BCUT2D eigenvalue weighted by molar-refractivity contribution is 0.0948. The summed E-state index contributed by atoms with van der Waals surface area (Å²) >= 11 is 0. The van der Waals surface area contributed by atoms with E-state index in [1.807, 2.05) is 38.1 Å². The largest absolute Gasteiger partial charge is 0.369 e. The van der Waals surface area contributed by atoms with Gasteiger partial charge in [0.25, 0.3) is 11.5 Å². The summed E-state index contributed by atoms with van der Waals surface area (Å²) in [5, 5.41) is 3.33. The molecular weight excluding hydrogens is 390 g/mol. The summed E-state index contributed by atoms with van der Waals surface area (Å²) < 4.78 is 1.39. The number of nitrogens with one attached hydrogen (secondary N) is 1. The summed E-state index contributed by atoms with van der Waals surface area (Å²) in [4.78, 5) is 34.2. The zero-order chi connectivity index (χ0) is 22.0. The van der Waals surface area contributed by atoms with Gasteiger partial charge in [-0.05, 0) is 41.8 Å². The number of benzene rings is 2. The van der Waals surface area contributed by atoms with Gasteiger partial charge in [-0.2, -0.15) is 0 Å². The van der Waals surface area contributed by atoms with Gasteiger partial charge in [-0.1, -0.05) is 38.1 Å². The molecule has 0 aliphatic heterocycles. The number of hydrogen-bond acceptors (Lipinski definition) is 5. The molecule has 2 heterocycles. The van der Waals surface area contributed by atoms with Crippen molar-refractivity contribution in [2.45, 2.75) is 13.8 Å². The molecule has 0 atom stereocenters. The number of amides is 1. The van der Waals surface area contributed by atoms with E-state index >= 15 is 0 Å². The zero-order valence-corrected chi connectivity index (χ0v) is 17.4. The molecule has 0 fully saturated rings. The minimum absolute atomic E-state index is 0.127. The number of anilines is 1. The molecule has 2 aromatic heterocycles. The number of fused-ring (bicyclic) bond motifs is 1. The fourth-order valence-electron chi connectivity index (χ4n) is 3.33. The Morgan fingerprint density at radius 2 is 1.84 bits per heavy atom. The van der Waals surface area contributed by atoms with Crippen LogP contribution in [0, 0.1) is 5.92 Å². The van der Waals surface area contributed by atoms with Gasteiger partial charge in [0, 0.05) is 24.5 Å². The first-order valence-electron chi connectivity index (χ1n) is 10.1. The van der Waals surface area contributed by atoms with Crippen LogP contribution in [0.3, 0.4) is 0 Å². The van der Waals surface area contributed by atoms with Gasteiger partial charge in [0.15, 0.2) is 0 Å².